The maximum absolute atomic E-state index is 6.23. The first-order chi connectivity index (χ1) is 8.58. The fraction of sp³-hybridized carbons (Fsp3) is 0.154. The van der Waals surface area contributed by atoms with E-state index in [1.165, 1.54) is 0 Å². The van der Waals surface area contributed by atoms with Crippen LogP contribution in [-0.4, -0.2) is 4.98 Å². The van der Waals surface area contributed by atoms with Crippen molar-refractivity contribution in [1.82, 2.24) is 4.98 Å². The van der Waals surface area contributed by atoms with E-state index in [-0.39, 0.29) is 4.83 Å². The van der Waals surface area contributed by atoms with Crippen molar-refractivity contribution in [3.63, 3.8) is 0 Å². The molecule has 5 heteroatoms. The first kappa shape index (κ1) is 14.3. The fourth-order valence-electron chi connectivity index (χ4n) is 1.63. The Morgan fingerprint density at radius 3 is 2.61 bits per heavy atom. The second-order valence-electron chi connectivity index (χ2n) is 3.80. The zero-order chi connectivity index (χ0) is 13.1. The second kappa shape index (κ2) is 6.38. The van der Waals surface area contributed by atoms with E-state index in [0.29, 0.717) is 5.02 Å². The van der Waals surface area contributed by atoms with E-state index in [9.17, 15) is 0 Å². The van der Waals surface area contributed by atoms with Gasteiger partial charge in [-0.2, -0.15) is 0 Å². The van der Waals surface area contributed by atoms with Crippen LogP contribution in [0.25, 0.3) is 0 Å². The largest absolute Gasteiger partial charge is 0.263 e. The summed E-state index contributed by atoms with van der Waals surface area (Å²) in [6, 6.07) is 7.78. The normalized spacial score (nSPS) is 12.4. The highest BCUT2D eigenvalue weighted by atomic mass is 79.9. The first-order valence-corrected chi connectivity index (χ1v) is 7.72. The summed E-state index contributed by atoms with van der Waals surface area (Å²) < 4.78 is 0.970. The van der Waals surface area contributed by atoms with Crippen LogP contribution in [-0.2, 0) is 6.42 Å². The van der Waals surface area contributed by atoms with Gasteiger partial charge in [0.05, 0.1) is 5.02 Å². The smallest absolute Gasteiger partial charge is 0.0621 e. The van der Waals surface area contributed by atoms with Gasteiger partial charge in [-0.1, -0.05) is 61.1 Å². The summed E-state index contributed by atoms with van der Waals surface area (Å²) in [6.45, 7) is 0. The molecule has 1 aromatic carbocycles. The van der Waals surface area contributed by atoms with Gasteiger partial charge in [0.25, 0.3) is 0 Å². The van der Waals surface area contributed by atoms with Crippen molar-refractivity contribution in [2.45, 2.75) is 11.2 Å². The lowest BCUT2D eigenvalue weighted by Crippen LogP contribution is -1.97. The zero-order valence-corrected chi connectivity index (χ0v) is 13.9. The molecule has 0 saturated carbocycles. The minimum atomic E-state index is 0.123. The number of halogens is 4. The molecule has 18 heavy (non-hydrogen) atoms. The van der Waals surface area contributed by atoms with Gasteiger partial charge in [0.15, 0.2) is 0 Å². The third kappa shape index (κ3) is 3.47. The summed E-state index contributed by atoms with van der Waals surface area (Å²) in [5.74, 6) is 0. The molecule has 0 aliphatic carbocycles. The van der Waals surface area contributed by atoms with Crippen LogP contribution in [0.2, 0.25) is 10.0 Å². The summed E-state index contributed by atoms with van der Waals surface area (Å²) >= 11 is 19.4. The molecular formula is C13H9Br2Cl2N. The molecule has 0 aliphatic heterocycles. The molecule has 0 bridgehead atoms. The van der Waals surface area contributed by atoms with Gasteiger partial charge >= 0.3 is 0 Å². The maximum atomic E-state index is 6.23. The Hall–Kier alpha value is -0.0900. The predicted octanol–water partition coefficient (Wildman–Crippen LogP) is 5.83. The van der Waals surface area contributed by atoms with Crippen molar-refractivity contribution in [3.8, 4) is 0 Å². The molecule has 0 radical (unpaired) electrons. The number of hydrogen-bond donors (Lipinski definition) is 0. The molecule has 94 valence electrons. The van der Waals surface area contributed by atoms with Crippen molar-refractivity contribution in [2.75, 3.05) is 0 Å². The van der Waals surface area contributed by atoms with Crippen LogP contribution in [0.3, 0.4) is 0 Å². The van der Waals surface area contributed by atoms with Crippen LogP contribution in [0.5, 0.6) is 0 Å². The highest BCUT2D eigenvalue weighted by Crippen LogP contribution is 2.35. The molecule has 0 fully saturated rings. The average Bonchev–Trinajstić information content (AvgIpc) is 2.32. The molecule has 1 nitrogen and oxygen atoms in total. The van der Waals surface area contributed by atoms with Gasteiger partial charge in [-0.05, 0) is 35.7 Å². The number of aromatic nitrogens is 1. The van der Waals surface area contributed by atoms with Crippen molar-refractivity contribution >= 4 is 55.1 Å². The Labute approximate surface area is 133 Å². The lowest BCUT2D eigenvalue weighted by atomic mass is 10.1. The van der Waals surface area contributed by atoms with Gasteiger partial charge < -0.3 is 0 Å². The lowest BCUT2D eigenvalue weighted by Gasteiger charge is -2.13. The van der Waals surface area contributed by atoms with Crippen LogP contribution in [0.15, 0.2) is 41.1 Å². The molecule has 0 spiro atoms. The molecule has 1 aromatic heterocycles. The second-order valence-corrected chi connectivity index (χ2v) is 6.64. The minimum absolute atomic E-state index is 0.123. The van der Waals surface area contributed by atoms with Gasteiger partial charge in [-0.15, -0.1) is 0 Å². The number of hydrogen-bond acceptors (Lipinski definition) is 1. The average molecular weight is 410 g/mol. The lowest BCUT2D eigenvalue weighted by molar-refractivity contribution is 0.944. The first-order valence-electron chi connectivity index (χ1n) is 5.25. The van der Waals surface area contributed by atoms with Crippen molar-refractivity contribution < 1.29 is 0 Å². The topological polar surface area (TPSA) is 12.9 Å². The maximum Gasteiger partial charge on any atom is 0.0621 e. The minimum Gasteiger partial charge on any atom is -0.263 e. The van der Waals surface area contributed by atoms with Crippen LogP contribution >= 0.6 is 55.1 Å². The summed E-state index contributed by atoms with van der Waals surface area (Å²) in [4.78, 5) is 4.10. The Balaban J connectivity index is 2.22. The van der Waals surface area contributed by atoms with Gasteiger partial charge in [0.1, 0.15) is 0 Å². The molecule has 1 unspecified atom stereocenters. The zero-order valence-electron chi connectivity index (χ0n) is 9.21. The highest BCUT2D eigenvalue weighted by Gasteiger charge is 2.14. The molecular weight excluding hydrogens is 401 g/mol. The van der Waals surface area contributed by atoms with E-state index in [1.54, 1.807) is 12.4 Å². The Bertz CT molecular complexity index is 560. The summed E-state index contributed by atoms with van der Waals surface area (Å²) in [5, 5.41) is 1.41. The Morgan fingerprint density at radius 1 is 1.17 bits per heavy atom. The molecule has 1 heterocycles. The van der Waals surface area contributed by atoms with Gasteiger partial charge in [0, 0.05) is 26.7 Å². The van der Waals surface area contributed by atoms with Crippen LogP contribution in [0, 0.1) is 0 Å². The van der Waals surface area contributed by atoms with E-state index in [0.717, 1.165) is 27.0 Å². The molecule has 2 rings (SSSR count). The van der Waals surface area contributed by atoms with E-state index in [1.807, 2.05) is 24.3 Å². The van der Waals surface area contributed by atoms with Crippen LogP contribution in [0.1, 0.15) is 16.0 Å². The third-order valence-electron chi connectivity index (χ3n) is 2.56. The fourth-order valence-corrected chi connectivity index (χ4v) is 3.51. The van der Waals surface area contributed by atoms with Crippen molar-refractivity contribution in [3.05, 3.63) is 62.3 Å². The molecule has 2 aromatic rings. The summed E-state index contributed by atoms with van der Waals surface area (Å²) in [7, 11) is 0. The number of pyridine rings is 1. The van der Waals surface area contributed by atoms with Crippen molar-refractivity contribution in [1.29, 1.82) is 0 Å². The van der Waals surface area contributed by atoms with E-state index >= 15 is 0 Å². The van der Waals surface area contributed by atoms with E-state index in [2.05, 4.69) is 36.8 Å². The Morgan fingerprint density at radius 2 is 1.94 bits per heavy atom. The SMILES string of the molecule is Clc1cnccc1CC(Br)c1ccc(Br)cc1Cl. The summed E-state index contributed by atoms with van der Waals surface area (Å²) in [5.41, 5.74) is 2.10. The summed E-state index contributed by atoms with van der Waals surface area (Å²) in [6.07, 6.45) is 4.16. The van der Waals surface area contributed by atoms with Gasteiger partial charge in [0.2, 0.25) is 0 Å². The standard InChI is InChI=1S/C13H9Br2Cl2N/c14-9-1-2-10(12(16)6-9)11(15)5-8-3-4-18-7-13(8)17/h1-4,6-7,11H,5H2. The molecule has 0 saturated heterocycles. The molecule has 0 amide bonds. The third-order valence-corrected chi connectivity index (χ3v) is 4.53. The number of nitrogens with zero attached hydrogens (tertiary/aromatic N) is 1. The highest BCUT2D eigenvalue weighted by molar-refractivity contribution is 9.10. The molecule has 0 N–H and O–H groups in total. The van der Waals surface area contributed by atoms with E-state index in [4.69, 9.17) is 23.2 Å². The number of rotatable bonds is 3. The van der Waals surface area contributed by atoms with Crippen molar-refractivity contribution in [2.24, 2.45) is 0 Å². The van der Waals surface area contributed by atoms with Gasteiger partial charge in [-0.3, -0.25) is 4.98 Å². The molecule has 0 aliphatic rings. The number of benzene rings is 1. The Kier molecular flexibility index (Phi) is 5.07. The number of alkyl halides is 1. The monoisotopic (exact) mass is 407 g/mol. The van der Waals surface area contributed by atoms with E-state index < -0.39 is 0 Å². The van der Waals surface area contributed by atoms with Gasteiger partial charge in [-0.25, -0.2) is 0 Å². The molecule has 1 atom stereocenters. The van der Waals surface area contributed by atoms with Crippen LogP contribution in [0.4, 0.5) is 0 Å². The predicted molar refractivity (Wildman–Crippen MR) is 83.8 cm³/mol. The van der Waals surface area contributed by atoms with Crippen LogP contribution < -0.4 is 0 Å². The quantitative estimate of drug-likeness (QED) is 0.581.